The number of anilines is 1. The zero-order valence-corrected chi connectivity index (χ0v) is 13.2. The van der Waals surface area contributed by atoms with Gasteiger partial charge in [-0.05, 0) is 54.8 Å². The zero-order valence-electron chi connectivity index (χ0n) is 13.2. The van der Waals surface area contributed by atoms with Crippen LogP contribution in [0, 0.1) is 30.3 Å². The fraction of sp³-hybridized carbons (Fsp3) is 0.278. The maximum absolute atomic E-state index is 13.3. The van der Waals surface area contributed by atoms with Crippen LogP contribution in [-0.4, -0.2) is 13.0 Å². The molecular formula is C18H18F3NO. The second-order valence-electron chi connectivity index (χ2n) is 5.71. The summed E-state index contributed by atoms with van der Waals surface area (Å²) in [6.45, 7) is 3.31. The first-order valence-corrected chi connectivity index (χ1v) is 7.26. The van der Waals surface area contributed by atoms with Crippen LogP contribution in [0.1, 0.15) is 18.1 Å². The van der Waals surface area contributed by atoms with E-state index in [0.717, 1.165) is 6.07 Å². The second kappa shape index (κ2) is 6.86. The summed E-state index contributed by atoms with van der Waals surface area (Å²) in [5.74, 6) is -2.34. The minimum absolute atomic E-state index is 0.208. The van der Waals surface area contributed by atoms with Crippen LogP contribution in [0.15, 0.2) is 36.4 Å². The van der Waals surface area contributed by atoms with Crippen LogP contribution in [-0.2, 0) is 11.2 Å². The molecule has 0 saturated carbocycles. The minimum atomic E-state index is -0.665. The van der Waals surface area contributed by atoms with Crippen LogP contribution in [0.4, 0.5) is 18.9 Å². The van der Waals surface area contributed by atoms with Crippen molar-refractivity contribution in [3.05, 3.63) is 65.0 Å². The van der Waals surface area contributed by atoms with Crippen molar-refractivity contribution >= 4 is 11.6 Å². The van der Waals surface area contributed by atoms with E-state index in [0.29, 0.717) is 16.8 Å². The third-order valence-electron chi connectivity index (χ3n) is 3.75. The molecule has 0 fully saturated rings. The molecule has 2 rings (SSSR count). The molecule has 0 aliphatic carbocycles. The predicted molar refractivity (Wildman–Crippen MR) is 83.8 cm³/mol. The lowest BCUT2D eigenvalue weighted by Crippen LogP contribution is -2.32. The summed E-state index contributed by atoms with van der Waals surface area (Å²) < 4.78 is 39.7. The summed E-state index contributed by atoms with van der Waals surface area (Å²) in [5.41, 5.74) is 1.44. The molecule has 0 radical (unpaired) electrons. The van der Waals surface area contributed by atoms with Crippen molar-refractivity contribution in [3.8, 4) is 0 Å². The van der Waals surface area contributed by atoms with Crippen LogP contribution >= 0.6 is 0 Å². The van der Waals surface area contributed by atoms with Gasteiger partial charge in [-0.1, -0.05) is 6.92 Å². The third-order valence-corrected chi connectivity index (χ3v) is 3.75. The van der Waals surface area contributed by atoms with Gasteiger partial charge in [0.05, 0.1) is 0 Å². The molecule has 23 heavy (non-hydrogen) atoms. The molecule has 0 heterocycles. The quantitative estimate of drug-likeness (QED) is 0.824. The average molecular weight is 321 g/mol. The number of benzene rings is 2. The van der Waals surface area contributed by atoms with Crippen molar-refractivity contribution in [2.75, 3.05) is 11.9 Å². The Morgan fingerprint density at radius 3 is 2.26 bits per heavy atom. The van der Waals surface area contributed by atoms with E-state index >= 15 is 0 Å². The molecule has 1 atom stereocenters. The Morgan fingerprint density at radius 1 is 1.09 bits per heavy atom. The molecule has 0 spiro atoms. The van der Waals surface area contributed by atoms with E-state index < -0.39 is 17.6 Å². The highest BCUT2D eigenvalue weighted by Crippen LogP contribution is 2.21. The van der Waals surface area contributed by atoms with Crippen molar-refractivity contribution < 1.29 is 18.0 Å². The summed E-state index contributed by atoms with van der Waals surface area (Å²) >= 11 is 0. The van der Waals surface area contributed by atoms with E-state index in [9.17, 15) is 18.0 Å². The highest BCUT2D eigenvalue weighted by Gasteiger charge is 2.20. The topological polar surface area (TPSA) is 20.3 Å². The maximum atomic E-state index is 13.3. The van der Waals surface area contributed by atoms with Crippen molar-refractivity contribution in [2.45, 2.75) is 20.3 Å². The fourth-order valence-electron chi connectivity index (χ4n) is 2.46. The van der Waals surface area contributed by atoms with Crippen LogP contribution in [0.2, 0.25) is 0 Å². The fourth-order valence-corrected chi connectivity index (χ4v) is 2.46. The summed E-state index contributed by atoms with van der Waals surface area (Å²) in [4.78, 5) is 13.9. The van der Waals surface area contributed by atoms with Crippen LogP contribution < -0.4 is 4.90 Å². The SMILES string of the molecule is Cc1cc(N(C)C(=O)[C@@H](C)Cc2cc(F)cc(F)c2)ccc1F. The number of hydrogen-bond acceptors (Lipinski definition) is 1. The van der Waals surface area contributed by atoms with Gasteiger partial charge in [-0.2, -0.15) is 0 Å². The summed E-state index contributed by atoms with van der Waals surface area (Å²) in [5, 5.41) is 0. The molecule has 0 saturated heterocycles. The zero-order chi connectivity index (χ0) is 17.1. The number of halogens is 3. The van der Waals surface area contributed by atoms with Crippen molar-refractivity contribution in [1.82, 2.24) is 0 Å². The van der Waals surface area contributed by atoms with E-state index in [1.807, 2.05) is 0 Å². The third kappa shape index (κ3) is 4.12. The van der Waals surface area contributed by atoms with E-state index in [2.05, 4.69) is 0 Å². The first kappa shape index (κ1) is 17.1. The van der Waals surface area contributed by atoms with Gasteiger partial charge in [-0.15, -0.1) is 0 Å². The number of nitrogens with zero attached hydrogens (tertiary/aromatic N) is 1. The van der Waals surface area contributed by atoms with Gasteiger partial charge in [0.15, 0.2) is 0 Å². The predicted octanol–water partition coefficient (Wildman–Crippen LogP) is 4.25. The Kier molecular flexibility index (Phi) is 5.08. The number of aryl methyl sites for hydroxylation is 1. The molecule has 2 aromatic carbocycles. The second-order valence-corrected chi connectivity index (χ2v) is 5.71. The van der Waals surface area contributed by atoms with Gasteiger partial charge in [0.2, 0.25) is 5.91 Å². The molecule has 2 nitrogen and oxygen atoms in total. The molecular weight excluding hydrogens is 303 g/mol. The first-order chi connectivity index (χ1) is 10.8. The highest BCUT2D eigenvalue weighted by molar-refractivity contribution is 5.94. The smallest absolute Gasteiger partial charge is 0.229 e. The summed E-state index contributed by atoms with van der Waals surface area (Å²) in [6.07, 6.45) is 0.220. The van der Waals surface area contributed by atoms with Gasteiger partial charge in [0.25, 0.3) is 0 Å². The minimum Gasteiger partial charge on any atom is -0.315 e. The van der Waals surface area contributed by atoms with Crippen molar-refractivity contribution in [2.24, 2.45) is 5.92 Å². The van der Waals surface area contributed by atoms with Gasteiger partial charge < -0.3 is 4.90 Å². The summed E-state index contributed by atoms with van der Waals surface area (Å²) in [7, 11) is 1.59. The number of amides is 1. The maximum Gasteiger partial charge on any atom is 0.229 e. The first-order valence-electron chi connectivity index (χ1n) is 7.26. The Balaban J connectivity index is 2.13. The molecule has 1 amide bonds. The lowest BCUT2D eigenvalue weighted by molar-refractivity contribution is -0.121. The van der Waals surface area contributed by atoms with Gasteiger partial charge in [0.1, 0.15) is 17.5 Å². The molecule has 0 bridgehead atoms. The number of rotatable bonds is 4. The normalized spacial score (nSPS) is 12.1. The largest absolute Gasteiger partial charge is 0.315 e. The number of hydrogen-bond donors (Lipinski definition) is 0. The monoisotopic (exact) mass is 321 g/mol. The molecule has 122 valence electrons. The van der Waals surface area contributed by atoms with E-state index in [4.69, 9.17) is 0 Å². The van der Waals surface area contributed by atoms with Crippen LogP contribution in [0.25, 0.3) is 0 Å². The van der Waals surface area contributed by atoms with Gasteiger partial charge in [-0.25, -0.2) is 13.2 Å². The summed E-state index contributed by atoms with van der Waals surface area (Å²) in [6, 6.07) is 7.64. The Hall–Kier alpha value is -2.30. The lowest BCUT2D eigenvalue weighted by Gasteiger charge is -2.22. The molecule has 0 aliphatic heterocycles. The molecule has 0 aliphatic rings. The number of carbonyl (C=O) groups is 1. The molecule has 5 heteroatoms. The van der Waals surface area contributed by atoms with E-state index in [1.165, 1.54) is 29.2 Å². The Labute approximate surface area is 133 Å². The molecule has 2 aromatic rings. The van der Waals surface area contributed by atoms with Gasteiger partial charge in [0, 0.05) is 24.7 Å². The van der Waals surface area contributed by atoms with Crippen molar-refractivity contribution in [1.29, 1.82) is 0 Å². The van der Waals surface area contributed by atoms with Crippen LogP contribution in [0.5, 0.6) is 0 Å². The van der Waals surface area contributed by atoms with E-state index in [1.54, 1.807) is 27.0 Å². The van der Waals surface area contributed by atoms with Gasteiger partial charge in [-0.3, -0.25) is 4.79 Å². The highest BCUT2D eigenvalue weighted by atomic mass is 19.1. The lowest BCUT2D eigenvalue weighted by atomic mass is 9.99. The number of carbonyl (C=O) groups excluding carboxylic acids is 1. The van der Waals surface area contributed by atoms with E-state index in [-0.39, 0.29) is 18.1 Å². The standard InChI is InChI=1S/C18H18F3NO/c1-11-7-16(4-5-17(11)21)22(3)18(23)12(2)6-13-8-14(19)10-15(20)9-13/h4-5,7-10,12H,6H2,1-3H3/t12-/m0/s1. The Morgan fingerprint density at radius 2 is 1.70 bits per heavy atom. The van der Waals surface area contributed by atoms with Crippen LogP contribution in [0.3, 0.4) is 0 Å². The van der Waals surface area contributed by atoms with Crippen molar-refractivity contribution in [3.63, 3.8) is 0 Å². The average Bonchev–Trinajstić information content (AvgIpc) is 2.47. The van der Waals surface area contributed by atoms with Gasteiger partial charge >= 0.3 is 0 Å². The Bertz CT molecular complexity index is 710. The molecule has 0 aromatic heterocycles. The molecule has 0 N–H and O–H groups in total. The molecule has 0 unspecified atom stereocenters.